The summed E-state index contributed by atoms with van der Waals surface area (Å²) < 4.78 is 0. The van der Waals surface area contributed by atoms with Gasteiger partial charge in [0.05, 0.1) is 5.69 Å². The zero-order valence-corrected chi connectivity index (χ0v) is 11.0. The molecule has 1 aliphatic heterocycles. The fraction of sp³-hybridized carbons (Fsp3) is 0.500. The smallest absolute Gasteiger partial charge is 0.388 e. The maximum atomic E-state index is 11.0. The van der Waals surface area contributed by atoms with Crippen LogP contribution in [0.4, 0.5) is 17.2 Å². The average molecular weight is 279 g/mol. The highest BCUT2D eigenvalue weighted by molar-refractivity contribution is 5.75. The summed E-state index contributed by atoms with van der Waals surface area (Å²) in [6.45, 7) is 1.37. The molecule has 0 aromatic carbocycles. The molecule has 1 fully saturated rings. The number of piperidine rings is 1. The van der Waals surface area contributed by atoms with Gasteiger partial charge in [-0.2, -0.15) is 0 Å². The molecule has 8 nitrogen and oxygen atoms in total. The van der Waals surface area contributed by atoms with Crippen LogP contribution in [0.1, 0.15) is 19.3 Å². The first-order valence-electron chi connectivity index (χ1n) is 6.41. The predicted molar refractivity (Wildman–Crippen MR) is 74.1 cm³/mol. The third-order valence-electron chi connectivity index (χ3n) is 3.47. The fourth-order valence-corrected chi connectivity index (χ4v) is 2.61. The van der Waals surface area contributed by atoms with Gasteiger partial charge in [0.1, 0.15) is 6.20 Å². The van der Waals surface area contributed by atoms with E-state index in [9.17, 15) is 14.9 Å². The first-order valence-corrected chi connectivity index (χ1v) is 6.41. The normalized spacial score (nSPS) is 18.8. The van der Waals surface area contributed by atoms with Crippen molar-refractivity contribution in [2.75, 3.05) is 23.7 Å². The van der Waals surface area contributed by atoms with E-state index in [1.54, 1.807) is 6.07 Å². The van der Waals surface area contributed by atoms with Crippen LogP contribution in [-0.2, 0) is 4.79 Å². The number of nitrogens with zero attached hydrogens (tertiary/aromatic N) is 3. The minimum Gasteiger partial charge on any atom is -0.390 e. The monoisotopic (exact) mass is 279 g/mol. The summed E-state index contributed by atoms with van der Waals surface area (Å²) in [4.78, 5) is 26.9. The molecule has 20 heavy (non-hydrogen) atoms. The molecule has 0 aliphatic carbocycles. The molecule has 1 aliphatic rings. The van der Waals surface area contributed by atoms with Crippen molar-refractivity contribution >= 4 is 23.1 Å². The molecule has 4 N–H and O–H groups in total. The number of aromatic nitrogens is 1. The second-order valence-electron chi connectivity index (χ2n) is 4.95. The minimum atomic E-state index is -0.594. The van der Waals surface area contributed by atoms with Crippen molar-refractivity contribution in [3.05, 3.63) is 22.4 Å². The number of nitrogens with two attached hydrogens (primary N) is 2. The number of pyridine rings is 1. The number of rotatable bonds is 4. The lowest BCUT2D eigenvalue weighted by molar-refractivity contribution is -0.388. The van der Waals surface area contributed by atoms with Gasteiger partial charge in [-0.25, -0.2) is 0 Å². The van der Waals surface area contributed by atoms with Gasteiger partial charge in [-0.1, -0.05) is 0 Å². The van der Waals surface area contributed by atoms with Crippen LogP contribution in [0.2, 0.25) is 0 Å². The molecule has 1 aromatic heterocycles. The highest BCUT2D eigenvalue weighted by Crippen LogP contribution is 2.33. The molecule has 0 spiro atoms. The van der Waals surface area contributed by atoms with Crippen LogP contribution in [0, 0.1) is 16.0 Å². The molecule has 1 unspecified atom stereocenters. The Balaban J connectivity index is 2.21. The number of nitrogen functional groups attached to an aromatic ring is 1. The van der Waals surface area contributed by atoms with Crippen molar-refractivity contribution in [1.29, 1.82) is 0 Å². The lowest BCUT2D eigenvalue weighted by atomic mass is 9.94. The number of hydrogen-bond donors (Lipinski definition) is 2. The van der Waals surface area contributed by atoms with E-state index in [1.165, 1.54) is 6.20 Å². The summed E-state index contributed by atoms with van der Waals surface area (Å²) in [6, 6.07) is 1.66. The number of carbonyl (C=O) groups excluding carboxylic acids is 1. The quantitative estimate of drug-likeness (QED) is 0.615. The van der Waals surface area contributed by atoms with Gasteiger partial charge in [-0.15, -0.1) is 0 Å². The van der Waals surface area contributed by atoms with Crippen molar-refractivity contribution in [2.45, 2.75) is 19.3 Å². The number of carbonyl (C=O) groups is 1. The molecule has 0 saturated carbocycles. The van der Waals surface area contributed by atoms with Gasteiger partial charge < -0.3 is 26.5 Å². The van der Waals surface area contributed by atoms with E-state index in [4.69, 9.17) is 11.5 Å². The van der Waals surface area contributed by atoms with Crippen LogP contribution < -0.4 is 16.4 Å². The Morgan fingerprint density at radius 2 is 2.35 bits per heavy atom. The molecule has 108 valence electrons. The summed E-state index contributed by atoms with van der Waals surface area (Å²) in [5.41, 5.74) is 11.7. The van der Waals surface area contributed by atoms with E-state index < -0.39 is 4.92 Å². The highest BCUT2D eigenvalue weighted by atomic mass is 16.6. The zero-order chi connectivity index (χ0) is 14.7. The molecule has 8 heteroatoms. The van der Waals surface area contributed by atoms with Crippen LogP contribution in [0.3, 0.4) is 0 Å². The van der Waals surface area contributed by atoms with Crippen LogP contribution in [0.5, 0.6) is 0 Å². The lowest BCUT2D eigenvalue weighted by Crippen LogP contribution is -2.37. The summed E-state index contributed by atoms with van der Waals surface area (Å²) in [6.07, 6.45) is 3.52. The van der Waals surface area contributed by atoms with Crippen LogP contribution in [-0.4, -0.2) is 28.9 Å². The van der Waals surface area contributed by atoms with Gasteiger partial charge in [0.2, 0.25) is 5.91 Å². The Kier molecular flexibility index (Phi) is 4.02. The number of nitro groups is 1. The highest BCUT2D eigenvalue weighted by Gasteiger charge is 2.26. The molecule has 2 rings (SSSR count). The summed E-state index contributed by atoms with van der Waals surface area (Å²) in [5.74, 6) is -0.502. The average Bonchev–Trinajstić information content (AvgIpc) is 2.38. The van der Waals surface area contributed by atoms with Gasteiger partial charge in [0.25, 0.3) is 0 Å². The zero-order valence-electron chi connectivity index (χ0n) is 11.0. The Labute approximate surface area is 115 Å². The minimum absolute atomic E-state index is 0.0669. The van der Waals surface area contributed by atoms with E-state index >= 15 is 0 Å². The van der Waals surface area contributed by atoms with Crippen molar-refractivity contribution in [2.24, 2.45) is 11.7 Å². The Bertz CT molecular complexity index is 534. The first-order chi connectivity index (χ1) is 9.49. The second-order valence-corrected chi connectivity index (χ2v) is 4.95. The van der Waals surface area contributed by atoms with Gasteiger partial charge in [-0.05, 0) is 28.7 Å². The molecule has 2 heterocycles. The van der Waals surface area contributed by atoms with Crippen LogP contribution >= 0.6 is 0 Å². The van der Waals surface area contributed by atoms with E-state index in [0.717, 1.165) is 19.4 Å². The summed E-state index contributed by atoms with van der Waals surface area (Å²) in [7, 11) is 0. The molecule has 1 amide bonds. The summed E-state index contributed by atoms with van der Waals surface area (Å²) in [5, 5.41) is 10.8. The molecular weight excluding hydrogens is 262 g/mol. The molecule has 1 saturated heterocycles. The van der Waals surface area contributed by atoms with Gasteiger partial charge in [-0.3, -0.25) is 4.79 Å². The predicted octanol–water partition coefficient (Wildman–Crippen LogP) is 0.664. The molecule has 1 atom stereocenters. The third-order valence-corrected chi connectivity index (χ3v) is 3.47. The molecule has 0 bridgehead atoms. The van der Waals surface area contributed by atoms with E-state index in [-0.39, 0.29) is 23.3 Å². The van der Waals surface area contributed by atoms with E-state index in [1.807, 2.05) is 4.90 Å². The molecule has 1 aromatic rings. The van der Waals surface area contributed by atoms with Crippen molar-refractivity contribution < 1.29 is 9.72 Å². The second kappa shape index (κ2) is 5.72. The van der Waals surface area contributed by atoms with Crippen molar-refractivity contribution in [1.82, 2.24) is 4.98 Å². The van der Waals surface area contributed by atoms with Crippen LogP contribution in [0.25, 0.3) is 0 Å². The number of primary amides is 1. The first kappa shape index (κ1) is 14.0. The molecular formula is C12H17N5O3. The Morgan fingerprint density at radius 3 is 3.00 bits per heavy atom. The van der Waals surface area contributed by atoms with Gasteiger partial charge in [0, 0.05) is 25.6 Å². The lowest BCUT2D eigenvalue weighted by Gasteiger charge is -2.34. The Morgan fingerprint density at radius 1 is 1.60 bits per heavy atom. The summed E-state index contributed by atoms with van der Waals surface area (Å²) >= 11 is 0. The van der Waals surface area contributed by atoms with Gasteiger partial charge >= 0.3 is 5.82 Å². The van der Waals surface area contributed by atoms with E-state index in [0.29, 0.717) is 18.7 Å². The van der Waals surface area contributed by atoms with Crippen molar-refractivity contribution in [3.63, 3.8) is 0 Å². The number of amides is 1. The van der Waals surface area contributed by atoms with Crippen molar-refractivity contribution in [3.8, 4) is 0 Å². The van der Waals surface area contributed by atoms with Crippen LogP contribution in [0.15, 0.2) is 12.3 Å². The number of anilines is 2. The standard InChI is InChI=1S/C12H17N5O3/c13-10(18)6-8-2-1-5-16(7-8)9-3-4-15-12(11(9)14)17(19)20/h3-4,8H,1-2,5-7,14H2,(H2,13,18). The fourth-order valence-electron chi connectivity index (χ4n) is 2.61. The molecule has 0 radical (unpaired) electrons. The number of hydrogen-bond acceptors (Lipinski definition) is 6. The maximum Gasteiger partial charge on any atom is 0.388 e. The largest absolute Gasteiger partial charge is 0.390 e. The maximum absolute atomic E-state index is 11.0. The van der Waals surface area contributed by atoms with E-state index in [2.05, 4.69) is 4.98 Å². The topological polar surface area (TPSA) is 128 Å². The SMILES string of the molecule is NC(=O)CC1CCCN(c2ccnc([N+](=O)[O-])c2N)C1. The van der Waals surface area contributed by atoms with Gasteiger partial charge in [0.15, 0.2) is 5.69 Å². The third kappa shape index (κ3) is 2.95. The Hall–Kier alpha value is -2.38.